The molecule has 25 heavy (non-hydrogen) atoms. The number of terminal acetylenes is 1. The molecule has 2 aromatic rings. The maximum atomic E-state index is 11.8. The summed E-state index contributed by atoms with van der Waals surface area (Å²) in [5.74, 6) is 1.44. The van der Waals surface area contributed by atoms with Gasteiger partial charge in [-0.15, -0.1) is 6.42 Å². The van der Waals surface area contributed by atoms with E-state index in [1.165, 1.54) is 0 Å². The molecule has 0 fully saturated rings. The Bertz CT molecular complexity index is 788. The lowest BCUT2D eigenvalue weighted by Crippen LogP contribution is -2.29. The van der Waals surface area contributed by atoms with Crippen molar-refractivity contribution < 1.29 is 14.3 Å². The van der Waals surface area contributed by atoms with Gasteiger partial charge in [0.05, 0.1) is 17.9 Å². The molecule has 1 heterocycles. The van der Waals surface area contributed by atoms with Gasteiger partial charge >= 0.3 is 5.97 Å². The van der Waals surface area contributed by atoms with Crippen molar-refractivity contribution in [3.05, 3.63) is 47.3 Å². The summed E-state index contributed by atoms with van der Waals surface area (Å²) in [6.07, 6.45) is 5.73. The van der Waals surface area contributed by atoms with Gasteiger partial charge in [-0.3, -0.25) is 9.59 Å². The largest absolute Gasteiger partial charge is 0.456 e. The van der Waals surface area contributed by atoms with E-state index in [2.05, 4.69) is 16.3 Å². The summed E-state index contributed by atoms with van der Waals surface area (Å²) in [4.78, 5) is 23.2. The minimum absolute atomic E-state index is 0.118. The van der Waals surface area contributed by atoms with Gasteiger partial charge < -0.3 is 10.1 Å². The highest BCUT2D eigenvalue weighted by Crippen LogP contribution is 2.19. The van der Waals surface area contributed by atoms with Crippen LogP contribution in [-0.2, 0) is 20.7 Å². The second-order valence-corrected chi connectivity index (χ2v) is 5.54. The molecule has 0 aliphatic carbocycles. The Kier molecular flexibility index (Phi) is 6.35. The summed E-state index contributed by atoms with van der Waals surface area (Å²) < 4.78 is 6.81. The molecule has 1 N–H and O–H groups in total. The number of nitrogens with zero attached hydrogens (tertiary/aromatic N) is 2. The number of aryl methyl sites for hydroxylation is 1. The van der Waals surface area contributed by atoms with Crippen LogP contribution in [-0.4, -0.2) is 34.8 Å². The molecule has 2 rings (SSSR count). The Morgan fingerprint density at radius 2 is 2.00 bits per heavy atom. The van der Waals surface area contributed by atoms with Crippen LogP contribution in [0, 0.1) is 26.2 Å². The van der Waals surface area contributed by atoms with E-state index in [0.29, 0.717) is 6.42 Å². The molecule has 0 spiro atoms. The first-order chi connectivity index (χ1) is 12.0. The molecule has 6 nitrogen and oxygen atoms in total. The van der Waals surface area contributed by atoms with E-state index in [0.717, 1.165) is 22.6 Å². The van der Waals surface area contributed by atoms with Crippen molar-refractivity contribution in [2.45, 2.75) is 26.7 Å². The number of ether oxygens (including phenoxy) is 1. The van der Waals surface area contributed by atoms with Crippen molar-refractivity contribution in [3.8, 4) is 18.0 Å². The molecular weight excluding hydrogens is 318 g/mol. The zero-order valence-corrected chi connectivity index (χ0v) is 14.4. The van der Waals surface area contributed by atoms with Crippen LogP contribution in [0.25, 0.3) is 5.69 Å². The van der Waals surface area contributed by atoms with Crippen molar-refractivity contribution >= 4 is 11.9 Å². The van der Waals surface area contributed by atoms with Crippen molar-refractivity contribution in [2.24, 2.45) is 0 Å². The van der Waals surface area contributed by atoms with Gasteiger partial charge in [0.1, 0.15) is 0 Å². The van der Waals surface area contributed by atoms with E-state index in [1.807, 2.05) is 48.9 Å². The van der Waals surface area contributed by atoms with E-state index in [4.69, 9.17) is 11.2 Å². The topological polar surface area (TPSA) is 73.2 Å². The van der Waals surface area contributed by atoms with Gasteiger partial charge in [-0.2, -0.15) is 5.10 Å². The number of nitrogens with one attached hydrogen (secondary N) is 1. The fourth-order valence-corrected chi connectivity index (χ4v) is 2.50. The fourth-order valence-electron chi connectivity index (χ4n) is 2.50. The van der Waals surface area contributed by atoms with Crippen LogP contribution in [0.3, 0.4) is 0 Å². The average molecular weight is 339 g/mol. The number of benzene rings is 1. The quantitative estimate of drug-likeness (QED) is 0.616. The number of hydrogen-bond acceptors (Lipinski definition) is 4. The molecule has 0 unspecified atom stereocenters. The third-order valence-corrected chi connectivity index (χ3v) is 3.77. The van der Waals surface area contributed by atoms with Crippen LogP contribution in [0.5, 0.6) is 0 Å². The van der Waals surface area contributed by atoms with Gasteiger partial charge in [-0.1, -0.05) is 24.1 Å². The summed E-state index contributed by atoms with van der Waals surface area (Å²) in [6.45, 7) is 3.69. The summed E-state index contributed by atoms with van der Waals surface area (Å²) in [5.41, 5.74) is 3.85. The van der Waals surface area contributed by atoms with E-state index >= 15 is 0 Å². The number of amides is 1. The first-order valence-corrected chi connectivity index (χ1v) is 7.99. The number of rotatable bonds is 7. The SMILES string of the molecule is C#CCNC(=O)COC(=O)CCc1c(C)nn(-c2ccccc2)c1C. The maximum Gasteiger partial charge on any atom is 0.306 e. The van der Waals surface area contributed by atoms with E-state index in [1.54, 1.807) is 0 Å². The molecule has 130 valence electrons. The highest BCUT2D eigenvalue weighted by molar-refractivity contribution is 5.80. The summed E-state index contributed by atoms with van der Waals surface area (Å²) >= 11 is 0. The van der Waals surface area contributed by atoms with Crippen molar-refractivity contribution in [3.63, 3.8) is 0 Å². The van der Waals surface area contributed by atoms with Gasteiger partial charge in [-0.25, -0.2) is 4.68 Å². The number of carbonyl (C=O) groups is 2. The second-order valence-electron chi connectivity index (χ2n) is 5.54. The van der Waals surface area contributed by atoms with Crippen LogP contribution < -0.4 is 5.32 Å². The molecule has 1 aromatic heterocycles. The highest BCUT2D eigenvalue weighted by Gasteiger charge is 2.15. The first kappa shape index (κ1) is 18.3. The van der Waals surface area contributed by atoms with E-state index < -0.39 is 11.9 Å². The zero-order chi connectivity index (χ0) is 18.2. The smallest absolute Gasteiger partial charge is 0.306 e. The third-order valence-electron chi connectivity index (χ3n) is 3.77. The molecule has 1 amide bonds. The molecule has 0 saturated heterocycles. The molecule has 0 saturated carbocycles. The Labute approximate surface area is 147 Å². The average Bonchev–Trinajstić information content (AvgIpc) is 2.91. The fraction of sp³-hybridized carbons (Fsp3) is 0.316. The molecule has 0 aliphatic heterocycles. The van der Waals surface area contributed by atoms with E-state index in [-0.39, 0.29) is 19.6 Å². The molecule has 0 radical (unpaired) electrons. The van der Waals surface area contributed by atoms with Crippen LogP contribution >= 0.6 is 0 Å². The first-order valence-electron chi connectivity index (χ1n) is 7.99. The van der Waals surface area contributed by atoms with Crippen LogP contribution in [0.2, 0.25) is 0 Å². The minimum atomic E-state index is -0.429. The molecule has 0 bridgehead atoms. The summed E-state index contributed by atoms with van der Waals surface area (Å²) in [7, 11) is 0. The van der Waals surface area contributed by atoms with Gasteiger partial charge in [0.15, 0.2) is 6.61 Å². The van der Waals surface area contributed by atoms with Crippen molar-refractivity contribution in [2.75, 3.05) is 13.2 Å². The number of aromatic nitrogens is 2. The lowest BCUT2D eigenvalue weighted by Gasteiger charge is -2.06. The number of carbonyl (C=O) groups excluding carboxylic acids is 2. The number of esters is 1. The lowest BCUT2D eigenvalue weighted by molar-refractivity contribution is -0.148. The van der Waals surface area contributed by atoms with Gasteiger partial charge in [-0.05, 0) is 38.0 Å². The van der Waals surface area contributed by atoms with Gasteiger partial charge in [0.25, 0.3) is 5.91 Å². The van der Waals surface area contributed by atoms with E-state index in [9.17, 15) is 9.59 Å². The van der Waals surface area contributed by atoms with Crippen LogP contribution in [0.15, 0.2) is 30.3 Å². The monoisotopic (exact) mass is 339 g/mol. The number of hydrogen-bond donors (Lipinski definition) is 1. The molecule has 1 aromatic carbocycles. The molecular formula is C19H21N3O3. The predicted octanol–water partition coefficient (Wildman–Crippen LogP) is 1.71. The maximum absolute atomic E-state index is 11.8. The predicted molar refractivity (Wildman–Crippen MR) is 94.2 cm³/mol. The zero-order valence-electron chi connectivity index (χ0n) is 14.4. The van der Waals surface area contributed by atoms with Crippen LogP contribution in [0.4, 0.5) is 0 Å². The Morgan fingerprint density at radius 1 is 1.28 bits per heavy atom. The molecule has 0 aliphatic rings. The van der Waals surface area contributed by atoms with Gasteiger partial charge in [0, 0.05) is 12.1 Å². The summed E-state index contributed by atoms with van der Waals surface area (Å²) in [5, 5.41) is 6.98. The van der Waals surface area contributed by atoms with Gasteiger partial charge in [0.2, 0.25) is 0 Å². The van der Waals surface area contributed by atoms with Crippen molar-refractivity contribution in [1.82, 2.24) is 15.1 Å². The Morgan fingerprint density at radius 3 is 2.68 bits per heavy atom. The van der Waals surface area contributed by atoms with Crippen molar-refractivity contribution in [1.29, 1.82) is 0 Å². The number of para-hydroxylation sites is 1. The normalized spacial score (nSPS) is 10.1. The van der Waals surface area contributed by atoms with Crippen LogP contribution in [0.1, 0.15) is 23.4 Å². The minimum Gasteiger partial charge on any atom is -0.456 e. The highest BCUT2D eigenvalue weighted by atomic mass is 16.5. The third kappa shape index (κ3) is 4.95. The molecule has 6 heteroatoms. The Balaban J connectivity index is 1.93. The standard InChI is InChI=1S/C19H21N3O3/c1-4-12-20-18(23)13-25-19(24)11-10-17-14(2)21-22(15(17)3)16-8-6-5-7-9-16/h1,5-9H,10-13H2,2-3H3,(H,20,23). The lowest BCUT2D eigenvalue weighted by atomic mass is 10.1. The Hall–Kier alpha value is -3.07. The summed E-state index contributed by atoms with van der Waals surface area (Å²) in [6, 6.07) is 9.81. The second kappa shape index (κ2) is 8.69. The molecule has 0 atom stereocenters.